The third-order valence-corrected chi connectivity index (χ3v) is 3.19. The van der Waals surface area contributed by atoms with E-state index in [1.54, 1.807) is 6.92 Å². The minimum absolute atomic E-state index is 0.160. The van der Waals surface area contributed by atoms with E-state index in [4.69, 9.17) is 4.74 Å². The molecule has 2 rings (SSSR count). The molecule has 0 unspecified atom stereocenters. The van der Waals surface area contributed by atoms with Crippen LogP contribution in [-0.2, 0) is 21.6 Å². The van der Waals surface area contributed by atoms with E-state index in [1.807, 2.05) is 0 Å². The lowest BCUT2D eigenvalue weighted by molar-refractivity contribution is -0.149. The van der Waals surface area contributed by atoms with Crippen LogP contribution in [0.5, 0.6) is 0 Å². The van der Waals surface area contributed by atoms with Crippen molar-refractivity contribution in [1.29, 1.82) is 0 Å². The molecule has 1 aliphatic rings. The Hall–Kier alpha value is -1.49. The average molecular weight is 256 g/mol. The Bertz CT molecular complexity index is 487. The third-order valence-electron chi connectivity index (χ3n) is 3.19. The normalized spacial score (nSPS) is 21.8. The second-order valence-electron chi connectivity index (χ2n) is 4.43. The van der Waals surface area contributed by atoms with Crippen LogP contribution in [0.15, 0.2) is 12.1 Å². The number of ether oxygens (including phenoxy) is 1. The predicted octanol–water partition coefficient (Wildman–Crippen LogP) is 2.05. The molecule has 0 fully saturated rings. The first-order valence-electron chi connectivity index (χ1n) is 5.82. The number of aliphatic hydroxyl groups is 1. The van der Waals surface area contributed by atoms with Crippen molar-refractivity contribution in [2.75, 3.05) is 6.61 Å². The van der Waals surface area contributed by atoms with E-state index >= 15 is 0 Å². The van der Waals surface area contributed by atoms with Gasteiger partial charge in [-0.2, -0.15) is 0 Å². The Balaban J connectivity index is 2.32. The number of esters is 1. The molecule has 1 aromatic rings. The van der Waals surface area contributed by atoms with Gasteiger partial charge in [0.2, 0.25) is 0 Å². The lowest BCUT2D eigenvalue weighted by atomic mass is 9.92. The fraction of sp³-hybridized carbons (Fsp3) is 0.462. The van der Waals surface area contributed by atoms with Crippen molar-refractivity contribution in [2.45, 2.75) is 31.8 Å². The highest BCUT2D eigenvalue weighted by Crippen LogP contribution is 2.41. The fourth-order valence-electron chi connectivity index (χ4n) is 2.37. The minimum atomic E-state index is -1.52. The number of carbonyl (C=O) groups is 1. The summed E-state index contributed by atoms with van der Waals surface area (Å²) in [6.45, 7) is 1.86. The molecular weight excluding hydrogens is 242 g/mol. The molecule has 0 spiro atoms. The van der Waals surface area contributed by atoms with Crippen LogP contribution in [0.4, 0.5) is 8.78 Å². The van der Waals surface area contributed by atoms with Gasteiger partial charge in [0.05, 0.1) is 13.0 Å². The van der Waals surface area contributed by atoms with Crippen LogP contribution in [0, 0.1) is 11.6 Å². The molecule has 1 atom stereocenters. The number of hydrogen-bond acceptors (Lipinski definition) is 3. The summed E-state index contributed by atoms with van der Waals surface area (Å²) in [5.74, 6) is -2.00. The molecule has 98 valence electrons. The Kier molecular flexibility index (Phi) is 3.34. The van der Waals surface area contributed by atoms with Gasteiger partial charge in [-0.15, -0.1) is 0 Å². The monoisotopic (exact) mass is 256 g/mol. The SMILES string of the molecule is CCOC(=O)C[C@@]1(O)CCc2c(F)cc(F)cc21. The maximum absolute atomic E-state index is 13.5. The van der Waals surface area contributed by atoms with Crippen LogP contribution < -0.4 is 0 Å². The van der Waals surface area contributed by atoms with E-state index in [-0.39, 0.29) is 37.0 Å². The molecule has 1 N–H and O–H groups in total. The van der Waals surface area contributed by atoms with E-state index in [9.17, 15) is 18.7 Å². The molecule has 0 saturated carbocycles. The van der Waals surface area contributed by atoms with E-state index in [0.717, 1.165) is 12.1 Å². The van der Waals surface area contributed by atoms with Gasteiger partial charge in [0, 0.05) is 6.07 Å². The zero-order valence-corrected chi connectivity index (χ0v) is 10.0. The van der Waals surface area contributed by atoms with Crippen molar-refractivity contribution in [1.82, 2.24) is 0 Å². The summed E-state index contributed by atoms with van der Waals surface area (Å²) in [5.41, 5.74) is -1.08. The highest BCUT2D eigenvalue weighted by Gasteiger charge is 2.40. The average Bonchev–Trinajstić information content (AvgIpc) is 2.57. The van der Waals surface area contributed by atoms with Gasteiger partial charge < -0.3 is 9.84 Å². The van der Waals surface area contributed by atoms with Crippen LogP contribution >= 0.6 is 0 Å². The molecule has 1 aromatic carbocycles. The quantitative estimate of drug-likeness (QED) is 0.842. The standard InChI is InChI=1S/C13H14F2O3/c1-2-18-12(16)7-13(17)4-3-9-10(13)5-8(14)6-11(9)15/h5-6,17H,2-4,7H2,1H3/t13-/m0/s1. The topological polar surface area (TPSA) is 46.5 Å². The predicted molar refractivity (Wildman–Crippen MR) is 59.8 cm³/mol. The van der Waals surface area contributed by atoms with Crippen molar-refractivity contribution < 1.29 is 23.4 Å². The van der Waals surface area contributed by atoms with Gasteiger partial charge >= 0.3 is 5.97 Å². The number of benzene rings is 1. The van der Waals surface area contributed by atoms with E-state index < -0.39 is 23.2 Å². The van der Waals surface area contributed by atoms with E-state index in [0.29, 0.717) is 0 Å². The first-order chi connectivity index (χ1) is 8.46. The summed E-state index contributed by atoms with van der Waals surface area (Å²) >= 11 is 0. The Morgan fingerprint density at radius 1 is 1.50 bits per heavy atom. The highest BCUT2D eigenvalue weighted by atomic mass is 19.1. The molecule has 0 aromatic heterocycles. The zero-order valence-electron chi connectivity index (χ0n) is 10.0. The van der Waals surface area contributed by atoms with Gasteiger partial charge in [-0.25, -0.2) is 8.78 Å². The Labute approximate surface area is 103 Å². The van der Waals surface area contributed by atoms with E-state index in [2.05, 4.69) is 0 Å². The molecule has 0 heterocycles. The molecule has 3 nitrogen and oxygen atoms in total. The van der Waals surface area contributed by atoms with Gasteiger partial charge in [0.15, 0.2) is 0 Å². The number of rotatable bonds is 3. The summed E-state index contributed by atoms with van der Waals surface area (Å²) in [6, 6.07) is 1.87. The fourth-order valence-corrected chi connectivity index (χ4v) is 2.37. The Morgan fingerprint density at radius 2 is 2.22 bits per heavy atom. The zero-order chi connectivity index (χ0) is 13.3. The van der Waals surface area contributed by atoms with Gasteiger partial charge in [-0.05, 0) is 37.0 Å². The van der Waals surface area contributed by atoms with Crippen LogP contribution in [-0.4, -0.2) is 17.7 Å². The number of halogens is 2. The minimum Gasteiger partial charge on any atom is -0.466 e. The van der Waals surface area contributed by atoms with Gasteiger partial charge in [-0.1, -0.05) is 0 Å². The largest absolute Gasteiger partial charge is 0.466 e. The Morgan fingerprint density at radius 3 is 2.89 bits per heavy atom. The van der Waals surface area contributed by atoms with Gasteiger partial charge in [0.25, 0.3) is 0 Å². The number of fused-ring (bicyclic) bond motifs is 1. The lowest BCUT2D eigenvalue weighted by Gasteiger charge is -2.22. The summed E-state index contributed by atoms with van der Waals surface area (Å²) in [6.07, 6.45) is 0.204. The lowest BCUT2D eigenvalue weighted by Crippen LogP contribution is -2.27. The molecule has 5 heteroatoms. The molecule has 18 heavy (non-hydrogen) atoms. The molecule has 1 aliphatic carbocycles. The molecule has 0 aliphatic heterocycles. The first-order valence-corrected chi connectivity index (χ1v) is 5.82. The smallest absolute Gasteiger partial charge is 0.309 e. The number of carbonyl (C=O) groups excluding carboxylic acids is 1. The van der Waals surface area contributed by atoms with Crippen LogP contribution in [0.2, 0.25) is 0 Å². The maximum Gasteiger partial charge on any atom is 0.309 e. The molecule has 0 bridgehead atoms. The van der Waals surface area contributed by atoms with Crippen molar-refractivity contribution in [3.63, 3.8) is 0 Å². The molecule has 0 radical (unpaired) electrons. The van der Waals surface area contributed by atoms with Crippen molar-refractivity contribution in [2.24, 2.45) is 0 Å². The first kappa shape index (κ1) is 13.0. The molecule has 0 amide bonds. The highest BCUT2D eigenvalue weighted by molar-refractivity contribution is 5.71. The second-order valence-corrected chi connectivity index (χ2v) is 4.43. The second kappa shape index (κ2) is 4.65. The summed E-state index contributed by atoms with van der Waals surface area (Å²) in [4.78, 5) is 11.4. The summed E-state index contributed by atoms with van der Waals surface area (Å²) in [7, 11) is 0. The number of hydrogen-bond donors (Lipinski definition) is 1. The van der Waals surface area contributed by atoms with Crippen molar-refractivity contribution >= 4 is 5.97 Å². The van der Waals surface area contributed by atoms with Crippen LogP contribution in [0.3, 0.4) is 0 Å². The summed E-state index contributed by atoms with van der Waals surface area (Å²) < 4.78 is 31.5. The van der Waals surface area contributed by atoms with Crippen LogP contribution in [0.25, 0.3) is 0 Å². The molecular formula is C13H14F2O3. The van der Waals surface area contributed by atoms with Crippen LogP contribution in [0.1, 0.15) is 30.9 Å². The van der Waals surface area contributed by atoms with Gasteiger partial charge in [0.1, 0.15) is 17.2 Å². The van der Waals surface area contributed by atoms with Crippen molar-refractivity contribution in [3.8, 4) is 0 Å². The van der Waals surface area contributed by atoms with Crippen molar-refractivity contribution in [3.05, 3.63) is 34.9 Å². The van der Waals surface area contributed by atoms with E-state index in [1.165, 1.54) is 0 Å². The summed E-state index contributed by atoms with van der Waals surface area (Å²) in [5, 5.41) is 10.4. The molecule has 0 saturated heterocycles. The maximum atomic E-state index is 13.5. The van der Waals surface area contributed by atoms with Gasteiger partial charge in [-0.3, -0.25) is 4.79 Å². The third kappa shape index (κ3) is 2.22.